The minimum Gasteiger partial charge on any atom is -0.363 e. The molecule has 1 saturated carbocycles. The first kappa shape index (κ1) is 16.0. The van der Waals surface area contributed by atoms with Gasteiger partial charge in [-0.05, 0) is 37.5 Å². The minimum absolute atomic E-state index is 0.00113. The molecule has 7 heteroatoms. The van der Waals surface area contributed by atoms with Gasteiger partial charge in [-0.2, -0.15) is 5.10 Å². The number of pyridine rings is 1. The van der Waals surface area contributed by atoms with Gasteiger partial charge >= 0.3 is 0 Å². The van der Waals surface area contributed by atoms with Crippen LogP contribution < -0.4 is 5.32 Å². The van der Waals surface area contributed by atoms with Gasteiger partial charge in [0.25, 0.3) is 0 Å². The van der Waals surface area contributed by atoms with Gasteiger partial charge in [-0.15, -0.1) is 0 Å². The molecular formula is C20H19FN6. The Morgan fingerprint density at radius 1 is 1.19 bits per heavy atom. The molecule has 0 amide bonds. The molecule has 1 aromatic carbocycles. The first-order valence-electron chi connectivity index (χ1n) is 9.08. The number of benzene rings is 1. The monoisotopic (exact) mass is 362 g/mol. The molecular weight excluding hydrogens is 343 g/mol. The molecule has 0 bridgehead atoms. The lowest BCUT2D eigenvalue weighted by atomic mass is 10.1. The van der Waals surface area contributed by atoms with E-state index in [0.717, 1.165) is 28.2 Å². The van der Waals surface area contributed by atoms with Crippen LogP contribution in [0.4, 0.5) is 10.2 Å². The quantitative estimate of drug-likeness (QED) is 0.554. The van der Waals surface area contributed by atoms with Crippen molar-refractivity contribution in [2.45, 2.75) is 31.7 Å². The van der Waals surface area contributed by atoms with E-state index in [1.54, 1.807) is 24.7 Å². The summed E-state index contributed by atoms with van der Waals surface area (Å²) in [6.07, 6.45) is 5.98. The molecule has 4 aromatic rings. The number of hydrogen-bond acceptors (Lipinski definition) is 4. The summed E-state index contributed by atoms with van der Waals surface area (Å²) >= 11 is 0. The summed E-state index contributed by atoms with van der Waals surface area (Å²) in [6.45, 7) is 2.02. The molecule has 3 heterocycles. The maximum atomic E-state index is 13.1. The summed E-state index contributed by atoms with van der Waals surface area (Å²) in [7, 11) is 0. The third-order valence-corrected chi connectivity index (χ3v) is 5.02. The molecule has 136 valence electrons. The highest BCUT2D eigenvalue weighted by atomic mass is 19.1. The first-order valence-corrected chi connectivity index (χ1v) is 9.08. The number of hydrogen-bond donors (Lipinski definition) is 2. The fourth-order valence-electron chi connectivity index (χ4n) is 3.28. The van der Waals surface area contributed by atoms with Crippen LogP contribution in [0.1, 0.15) is 43.0 Å². The van der Waals surface area contributed by atoms with E-state index in [1.807, 2.05) is 17.6 Å². The third kappa shape index (κ3) is 3.05. The number of halogens is 1. The number of H-pyrrole nitrogens is 1. The van der Waals surface area contributed by atoms with Crippen molar-refractivity contribution in [2.24, 2.45) is 0 Å². The Balaban J connectivity index is 1.44. The first-order chi connectivity index (χ1) is 13.2. The highest BCUT2D eigenvalue weighted by molar-refractivity contribution is 5.79. The summed E-state index contributed by atoms with van der Waals surface area (Å²) in [5, 5.41) is 10.9. The zero-order valence-corrected chi connectivity index (χ0v) is 14.9. The Morgan fingerprint density at radius 2 is 2.00 bits per heavy atom. The van der Waals surface area contributed by atoms with E-state index in [1.165, 1.54) is 30.7 Å². The highest BCUT2D eigenvalue weighted by Crippen LogP contribution is 2.39. The minimum atomic E-state index is -0.237. The van der Waals surface area contributed by atoms with Gasteiger partial charge in [-0.1, -0.05) is 12.1 Å². The van der Waals surface area contributed by atoms with Gasteiger partial charge in [0, 0.05) is 29.8 Å². The van der Waals surface area contributed by atoms with Crippen LogP contribution in [0.5, 0.6) is 0 Å². The van der Waals surface area contributed by atoms with Crippen molar-refractivity contribution >= 4 is 16.9 Å². The zero-order chi connectivity index (χ0) is 18.4. The van der Waals surface area contributed by atoms with Crippen LogP contribution in [0.3, 0.4) is 0 Å². The summed E-state index contributed by atoms with van der Waals surface area (Å²) < 4.78 is 15.1. The SMILES string of the molecule is C[C@H](Nc1cc2c(cn1)ncn2-c1cc(C2CC2)[nH]n1)c1ccc(F)cc1. The molecule has 1 atom stereocenters. The fraction of sp³-hybridized carbons (Fsp3) is 0.250. The number of rotatable bonds is 5. The molecule has 1 fully saturated rings. The number of fused-ring (bicyclic) bond motifs is 1. The fourth-order valence-corrected chi connectivity index (χ4v) is 3.28. The van der Waals surface area contributed by atoms with Gasteiger partial charge in [0.15, 0.2) is 5.82 Å². The molecule has 2 N–H and O–H groups in total. The smallest absolute Gasteiger partial charge is 0.160 e. The van der Waals surface area contributed by atoms with Crippen LogP contribution >= 0.6 is 0 Å². The molecule has 1 aliphatic rings. The van der Waals surface area contributed by atoms with Crippen LogP contribution in [0.2, 0.25) is 0 Å². The van der Waals surface area contributed by atoms with Gasteiger partial charge in [-0.3, -0.25) is 9.67 Å². The van der Waals surface area contributed by atoms with Gasteiger partial charge < -0.3 is 5.32 Å². The second kappa shape index (κ2) is 6.19. The van der Waals surface area contributed by atoms with E-state index in [-0.39, 0.29) is 11.9 Å². The Labute approximate surface area is 155 Å². The van der Waals surface area contributed by atoms with E-state index in [4.69, 9.17) is 0 Å². The summed E-state index contributed by atoms with van der Waals surface area (Å²) in [5.74, 6) is 1.96. The van der Waals surface area contributed by atoms with Crippen molar-refractivity contribution in [3.05, 3.63) is 66.0 Å². The number of aromatic amines is 1. The number of imidazole rings is 1. The van der Waals surface area contributed by atoms with Crippen LogP contribution in [0.15, 0.2) is 48.9 Å². The Morgan fingerprint density at radius 3 is 2.78 bits per heavy atom. The molecule has 0 radical (unpaired) electrons. The second-order valence-corrected chi connectivity index (χ2v) is 7.05. The molecule has 3 aromatic heterocycles. The lowest BCUT2D eigenvalue weighted by Crippen LogP contribution is -2.08. The van der Waals surface area contributed by atoms with E-state index in [2.05, 4.69) is 31.5 Å². The largest absolute Gasteiger partial charge is 0.363 e. The van der Waals surface area contributed by atoms with E-state index in [0.29, 0.717) is 5.92 Å². The molecule has 0 spiro atoms. The van der Waals surface area contributed by atoms with Crippen LogP contribution in [-0.4, -0.2) is 24.7 Å². The Kier molecular flexibility index (Phi) is 3.67. The Hall–Kier alpha value is -3.22. The number of aromatic nitrogens is 5. The van der Waals surface area contributed by atoms with Crippen molar-refractivity contribution < 1.29 is 4.39 Å². The van der Waals surface area contributed by atoms with Crippen LogP contribution in [0.25, 0.3) is 16.9 Å². The Bertz CT molecular complexity index is 1090. The average Bonchev–Trinajstić information content (AvgIpc) is 3.26. The van der Waals surface area contributed by atoms with Gasteiger partial charge in [-0.25, -0.2) is 14.4 Å². The van der Waals surface area contributed by atoms with Crippen LogP contribution in [0, 0.1) is 5.82 Å². The van der Waals surface area contributed by atoms with Crippen molar-refractivity contribution in [1.29, 1.82) is 0 Å². The molecule has 27 heavy (non-hydrogen) atoms. The zero-order valence-electron chi connectivity index (χ0n) is 14.9. The number of anilines is 1. The highest BCUT2D eigenvalue weighted by Gasteiger charge is 2.26. The second-order valence-electron chi connectivity index (χ2n) is 7.05. The third-order valence-electron chi connectivity index (χ3n) is 5.02. The van der Waals surface area contributed by atoms with Gasteiger partial charge in [0.1, 0.15) is 23.5 Å². The van der Waals surface area contributed by atoms with Crippen molar-refractivity contribution in [2.75, 3.05) is 5.32 Å². The molecule has 0 aliphatic heterocycles. The summed E-state index contributed by atoms with van der Waals surface area (Å²) in [6, 6.07) is 10.5. The van der Waals surface area contributed by atoms with E-state index < -0.39 is 0 Å². The maximum Gasteiger partial charge on any atom is 0.160 e. The van der Waals surface area contributed by atoms with Gasteiger partial charge in [0.2, 0.25) is 0 Å². The van der Waals surface area contributed by atoms with Crippen molar-refractivity contribution in [3.8, 4) is 5.82 Å². The lowest BCUT2D eigenvalue weighted by Gasteiger charge is -2.15. The molecule has 0 unspecified atom stereocenters. The van der Waals surface area contributed by atoms with Crippen LogP contribution in [-0.2, 0) is 0 Å². The van der Waals surface area contributed by atoms with Crippen molar-refractivity contribution in [1.82, 2.24) is 24.7 Å². The van der Waals surface area contributed by atoms with Gasteiger partial charge in [0.05, 0.1) is 11.7 Å². The molecule has 1 aliphatic carbocycles. The average molecular weight is 362 g/mol. The predicted octanol–water partition coefficient (Wildman–Crippen LogP) is 4.33. The molecule has 5 rings (SSSR count). The normalized spacial score (nSPS) is 15.2. The topological polar surface area (TPSA) is 71.4 Å². The number of nitrogens with zero attached hydrogens (tertiary/aromatic N) is 4. The number of nitrogens with one attached hydrogen (secondary N) is 2. The standard InChI is InChI=1S/C20H19FN6/c1-12(13-4-6-15(21)7-5-13)24-19-9-18-17(10-22-19)23-11-27(18)20-8-16(25-26-20)14-2-3-14/h4-12,14H,2-3H2,1H3,(H,22,24)(H,25,26)/t12-/m0/s1. The summed E-state index contributed by atoms with van der Waals surface area (Å²) in [4.78, 5) is 8.88. The maximum absolute atomic E-state index is 13.1. The van der Waals surface area contributed by atoms with Crippen molar-refractivity contribution in [3.63, 3.8) is 0 Å². The van der Waals surface area contributed by atoms with E-state index in [9.17, 15) is 4.39 Å². The molecule has 6 nitrogen and oxygen atoms in total. The lowest BCUT2D eigenvalue weighted by molar-refractivity contribution is 0.626. The molecule has 0 saturated heterocycles. The summed E-state index contributed by atoms with van der Waals surface area (Å²) in [5.41, 5.74) is 3.93. The predicted molar refractivity (Wildman–Crippen MR) is 101 cm³/mol. The van der Waals surface area contributed by atoms with E-state index >= 15 is 0 Å².